The summed E-state index contributed by atoms with van der Waals surface area (Å²) in [7, 11) is 1.55. The van der Waals surface area contributed by atoms with Gasteiger partial charge in [0.15, 0.2) is 5.78 Å². The van der Waals surface area contributed by atoms with Gasteiger partial charge in [-0.3, -0.25) is 9.59 Å². The molecule has 0 bridgehead atoms. The maximum Gasteiger partial charge on any atom is 0.268 e. The van der Waals surface area contributed by atoms with Crippen LogP contribution in [0.4, 0.5) is 0 Å². The zero-order valence-electron chi connectivity index (χ0n) is 13.2. The average molecular weight is 313 g/mol. The fourth-order valence-electron chi connectivity index (χ4n) is 2.94. The van der Waals surface area contributed by atoms with E-state index < -0.39 is 0 Å². The number of hydrogen-bond acceptors (Lipinski definition) is 4. The fraction of sp³-hybridized carbons (Fsp3) is 0.353. The van der Waals surface area contributed by atoms with Crippen LogP contribution in [0.2, 0.25) is 0 Å². The zero-order valence-corrected chi connectivity index (χ0v) is 13.2. The van der Waals surface area contributed by atoms with Crippen LogP contribution in [0, 0.1) is 6.92 Å². The van der Waals surface area contributed by atoms with Gasteiger partial charge in [-0.25, -0.2) is 4.98 Å². The van der Waals surface area contributed by atoms with E-state index in [0.717, 1.165) is 29.7 Å². The van der Waals surface area contributed by atoms with Gasteiger partial charge >= 0.3 is 0 Å². The third-order valence-corrected chi connectivity index (χ3v) is 4.13. The number of fused-ring (bicyclic) bond motifs is 1. The minimum atomic E-state index is -0.208. The van der Waals surface area contributed by atoms with Crippen molar-refractivity contribution in [2.45, 2.75) is 32.7 Å². The predicted molar refractivity (Wildman–Crippen MR) is 84.8 cm³/mol. The summed E-state index contributed by atoms with van der Waals surface area (Å²) in [5, 5.41) is 2.87. The number of pyridine rings is 1. The number of Topliss-reactive ketones (excluding diaryl/α,β-unsaturated/α-hetero) is 1. The van der Waals surface area contributed by atoms with Gasteiger partial charge in [0.1, 0.15) is 5.69 Å². The lowest BCUT2D eigenvalue weighted by atomic mass is 9.94. The van der Waals surface area contributed by atoms with Crippen LogP contribution in [0.15, 0.2) is 18.3 Å². The van der Waals surface area contributed by atoms with Crippen molar-refractivity contribution in [3.05, 3.63) is 46.4 Å². The lowest BCUT2D eigenvalue weighted by Gasteiger charge is -2.09. The van der Waals surface area contributed by atoms with Crippen LogP contribution in [0.1, 0.15) is 50.5 Å². The van der Waals surface area contributed by atoms with Gasteiger partial charge < -0.3 is 15.0 Å². The number of ether oxygens (including phenoxy) is 1. The molecule has 0 radical (unpaired) electrons. The van der Waals surface area contributed by atoms with Crippen molar-refractivity contribution >= 4 is 11.7 Å². The van der Waals surface area contributed by atoms with Crippen molar-refractivity contribution in [1.29, 1.82) is 0 Å². The van der Waals surface area contributed by atoms with Crippen molar-refractivity contribution in [1.82, 2.24) is 15.3 Å². The molecule has 0 spiro atoms. The van der Waals surface area contributed by atoms with Gasteiger partial charge in [-0.1, -0.05) is 0 Å². The highest BCUT2D eigenvalue weighted by Gasteiger charge is 2.26. The molecular formula is C17H19N3O3. The number of nitrogens with one attached hydrogen (secondary N) is 2. The van der Waals surface area contributed by atoms with E-state index in [0.29, 0.717) is 30.1 Å². The normalized spacial score (nSPS) is 13.6. The molecule has 6 heteroatoms. The Hall–Kier alpha value is -2.63. The lowest BCUT2D eigenvalue weighted by molar-refractivity contribution is 0.0944. The maximum atomic E-state index is 12.4. The van der Waals surface area contributed by atoms with Gasteiger partial charge in [0.2, 0.25) is 5.88 Å². The highest BCUT2D eigenvalue weighted by atomic mass is 16.5. The molecule has 0 saturated heterocycles. The number of nitrogens with zero attached hydrogens (tertiary/aromatic N) is 1. The molecule has 0 unspecified atom stereocenters. The van der Waals surface area contributed by atoms with E-state index >= 15 is 0 Å². The molecule has 0 aliphatic heterocycles. The number of hydrogen-bond donors (Lipinski definition) is 2. The molecule has 2 aromatic rings. The first-order valence-electron chi connectivity index (χ1n) is 7.62. The van der Waals surface area contributed by atoms with Crippen molar-refractivity contribution in [3.63, 3.8) is 0 Å². The van der Waals surface area contributed by atoms with E-state index in [1.165, 1.54) is 0 Å². The number of carbonyl (C=O) groups excluding carboxylic acids is 2. The molecule has 0 aromatic carbocycles. The van der Waals surface area contributed by atoms with E-state index in [1.807, 2.05) is 13.0 Å². The predicted octanol–water partition coefficient (Wildman–Crippen LogP) is 2.18. The number of amides is 1. The molecule has 2 aromatic heterocycles. The maximum absolute atomic E-state index is 12.4. The van der Waals surface area contributed by atoms with Crippen LogP contribution >= 0.6 is 0 Å². The number of rotatable bonds is 4. The molecule has 0 fully saturated rings. The van der Waals surface area contributed by atoms with Crippen LogP contribution in [-0.2, 0) is 13.0 Å². The van der Waals surface area contributed by atoms with E-state index in [2.05, 4.69) is 15.3 Å². The summed E-state index contributed by atoms with van der Waals surface area (Å²) in [6.07, 6.45) is 3.85. The van der Waals surface area contributed by atoms with Crippen molar-refractivity contribution in [2.24, 2.45) is 0 Å². The minimum Gasteiger partial charge on any atom is -0.481 e. The molecule has 2 N–H and O–H groups in total. The molecular weight excluding hydrogens is 294 g/mol. The van der Waals surface area contributed by atoms with Gasteiger partial charge in [0, 0.05) is 36.5 Å². The summed E-state index contributed by atoms with van der Waals surface area (Å²) < 4.78 is 5.06. The molecule has 1 amide bonds. The summed E-state index contributed by atoms with van der Waals surface area (Å²) in [5.41, 5.74) is 3.71. The van der Waals surface area contributed by atoms with Crippen LogP contribution < -0.4 is 10.1 Å². The summed E-state index contributed by atoms with van der Waals surface area (Å²) >= 11 is 0. The third-order valence-electron chi connectivity index (χ3n) is 4.13. The zero-order chi connectivity index (χ0) is 16.4. The molecule has 6 nitrogen and oxygen atoms in total. The van der Waals surface area contributed by atoms with Crippen molar-refractivity contribution in [3.8, 4) is 5.88 Å². The van der Waals surface area contributed by atoms with Gasteiger partial charge in [0.05, 0.1) is 7.11 Å². The molecule has 23 heavy (non-hydrogen) atoms. The summed E-state index contributed by atoms with van der Waals surface area (Å²) in [6, 6.07) is 3.59. The Morgan fingerprint density at radius 2 is 2.26 bits per heavy atom. The Morgan fingerprint density at radius 3 is 3.00 bits per heavy atom. The molecule has 1 aliphatic rings. The minimum absolute atomic E-state index is 0.123. The fourth-order valence-corrected chi connectivity index (χ4v) is 2.94. The molecule has 120 valence electrons. The topological polar surface area (TPSA) is 84.1 Å². The first-order chi connectivity index (χ1) is 11.1. The van der Waals surface area contributed by atoms with E-state index in [9.17, 15) is 9.59 Å². The molecule has 3 rings (SSSR count). The van der Waals surface area contributed by atoms with Crippen LogP contribution in [0.5, 0.6) is 5.88 Å². The summed E-state index contributed by atoms with van der Waals surface area (Å²) in [5.74, 6) is 0.423. The van der Waals surface area contributed by atoms with Crippen LogP contribution in [-0.4, -0.2) is 28.8 Å². The Kier molecular flexibility index (Phi) is 4.14. The number of ketones is 1. The molecule has 2 heterocycles. The largest absolute Gasteiger partial charge is 0.481 e. The number of aromatic nitrogens is 2. The lowest BCUT2D eigenvalue weighted by Crippen LogP contribution is -2.24. The monoisotopic (exact) mass is 313 g/mol. The second-order valence-corrected chi connectivity index (χ2v) is 5.64. The molecule has 1 aliphatic carbocycles. The Labute approximate surface area is 134 Å². The number of aryl methyl sites for hydroxylation is 1. The van der Waals surface area contributed by atoms with Crippen LogP contribution in [0.3, 0.4) is 0 Å². The molecule has 0 atom stereocenters. The number of aromatic amines is 1. The van der Waals surface area contributed by atoms with Crippen molar-refractivity contribution in [2.75, 3.05) is 7.11 Å². The second kappa shape index (κ2) is 6.24. The van der Waals surface area contributed by atoms with Crippen molar-refractivity contribution < 1.29 is 14.3 Å². The first-order valence-corrected chi connectivity index (χ1v) is 7.62. The van der Waals surface area contributed by atoms with Gasteiger partial charge in [-0.2, -0.15) is 0 Å². The SMILES string of the molecule is COc1cc(CNC(=O)c2[nH]c3c(c2C)C(=O)CCC3)ccn1. The third kappa shape index (κ3) is 2.97. The first kappa shape index (κ1) is 15.3. The highest BCUT2D eigenvalue weighted by Crippen LogP contribution is 2.26. The highest BCUT2D eigenvalue weighted by molar-refractivity contribution is 6.04. The number of methoxy groups -OCH3 is 1. The Morgan fingerprint density at radius 1 is 1.43 bits per heavy atom. The van der Waals surface area contributed by atoms with E-state index in [4.69, 9.17) is 4.74 Å². The van der Waals surface area contributed by atoms with E-state index in [-0.39, 0.29) is 11.7 Å². The molecule has 0 saturated carbocycles. The summed E-state index contributed by atoms with van der Waals surface area (Å²) in [6.45, 7) is 2.19. The van der Waals surface area contributed by atoms with Gasteiger partial charge in [-0.15, -0.1) is 0 Å². The number of carbonyl (C=O) groups is 2. The quantitative estimate of drug-likeness (QED) is 0.906. The standard InChI is InChI=1S/C17H19N3O3/c1-10-15-12(4-3-5-13(15)21)20-16(10)17(22)19-9-11-6-7-18-14(8-11)23-2/h6-8,20H,3-5,9H2,1-2H3,(H,19,22). The Balaban J connectivity index is 1.75. The second-order valence-electron chi connectivity index (χ2n) is 5.64. The van der Waals surface area contributed by atoms with E-state index in [1.54, 1.807) is 19.4 Å². The van der Waals surface area contributed by atoms with Gasteiger partial charge in [-0.05, 0) is 37.0 Å². The van der Waals surface area contributed by atoms with Gasteiger partial charge in [0.25, 0.3) is 5.91 Å². The smallest absolute Gasteiger partial charge is 0.268 e. The van der Waals surface area contributed by atoms with Crippen LogP contribution in [0.25, 0.3) is 0 Å². The number of H-pyrrole nitrogens is 1. The average Bonchev–Trinajstić information content (AvgIpc) is 2.91. The summed E-state index contributed by atoms with van der Waals surface area (Å²) in [4.78, 5) is 31.6. The Bertz CT molecular complexity index is 764.